The normalized spacial score (nSPS) is 10.4. The molecule has 0 saturated heterocycles. The maximum atomic E-state index is 13.5. The number of nitrogens with two attached hydrogens (primary N) is 1. The summed E-state index contributed by atoms with van der Waals surface area (Å²) in [5.41, 5.74) is 4.42. The van der Waals surface area contributed by atoms with E-state index >= 15 is 0 Å². The van der Waals surface area contributed by atoms with Crippen LogP contribution in [-0.4, -0.2) is 15.0 Å². The molecule has 0 fully saturated rings. The summed E-state index contributed by atoms with van der Waals surface area (Å²) in [6.07, 6.45) is 1.30. The van der Waals surface area contributed by atoms with Crippen LogP contribution in [0.15, 0.2) is 40.1 Å². The standard InChI is InChI=1S/C13H13FN4O3/c1-17-5-4-12(20)18(13(17)21)7-11(19)16-10-6-8(15)2-3-9(10)14/h2-6H,7,15H2,1H3,(H,16,19). The van der Waals surface area contributed by atoms with Gasteiger partial charge in [0.15, 0.2) is 0 Å². The van der Waals surface area contributed by atoms with E-state index in [0.717, 1.165) is 21.3 Å². The monoisotopic (exact) mass is 292 g/mol. The van der Waals surface area contributed by atoms with Crippen LogP contribution in [0.4, 0.5) is 15.8 Å². The Hall–Kier alpha value is -2.90. The lowest BCUT2D eigenvalue weighted by Gasteiger charge is -2.09. The molecule has 0 aliphatic carbocycles. The van der Waals surface area contributed by atoms with Gasteiger partial charge < -0.3 is 15.6 Å². The maximum absolute atomic E-state index is 13.5. The van der Waals surface area contributed by atoms with E-state index in [-0.39, 0.29) is 11.4 Å². The van der Waals surface area contributed by atoms with E-state index in [2.05, 4.69) is 5.32 Å². The first-order chi connectivity index (χ1) is 9.88. The van der Waals surface area contributed by atoms with Crippen LogP contribution < -0.4 is 22.3 Å². The van der Waals surface area contributed by atoms with Crippen molar-refractivity contribution in [1.29, 1.82) is 0 Å². The summed E-state index contributed by atoms with van der Waals surface area (Å²) in [4.78, 5) is 35.2. The number of nitrogen functional groups attached to an aromatic ring is 1. The number of hydrogen-bond donors (Lipinski definition) is 2. The van der Waals surface area contributed by atoms with Crippen LogP contribution in [0.5, 0.6) is 0 Å². The number of nitrogens with one attached hydrogen (secondary N) is 1. The molecule has 0 radical (unpaired) electrons. The van der Waals surface area contributed by atoms with Gasteiger partial charge in [-0.1, -0.05) is 0 Å². The fraction of sp³-hybridized carbons (Fsp3) is 0.154. The molecular formula is C13H13FN4O3. The van der Waals surface area contributed by atoms with Crippen LogP contribution in [-0.2, 0) is 18.4 Å². The van der Waals surface area contributed by atoms with Crippen molar-refractivity contribution in [3.05, 3.63) is 57.1 Å². The number of anilines is 2. The van der Waals surface area contributed by atoms with E-state index in [1.54, 1.807) is 0 Å². The fourth-order valence-corrected chi connectivity index (χ4v) is 1.73. The number of nitrogens with zero attached hydrogens (tertiary/aromatic N) is 2. The van der Waals surface area contributed by atoms with Crippen molar-refractivity contribution < 1.29 is 9.18 Å². The van der Waals surface area contributed by atoms with Gasteiger partial charge in [0, 0.05) is 25.0 Å². The molecule has 7 nitrogen and oxygen atoms in total. The second-order valence-electron chi connectivity index (χ2n) is 4.42. The van der Waals surface area contributed by atoms with Gasteiger partial charge in [-0.3, -0.25) is 14.2 Å². The number of amides is 1. The summed E-state index contributed by atoms with van der Waals surface area (Å²) in [7, 11) is 1.45. The zero-order valence-electron chi connectivity index (χ0n) is 11.2. The first-order valence-electron chi connectivity index (χ1n) is 6.00. The summed E-state index contributed by atoms with van der Waals surface area (Å²) >= 11 is 0. The molecule has 0 aliphatic heterocycles. The maximum Gasteiger partial charge on any atom is 0.331 e. The molecule has 2 aromatic rings. The molecule has 21 heavy (non-hydrogen) atoms. The minimum Gasteiger partial charge on any atom is -0.399 e. The van der Waals surface area contributed by atoms with Gasteiger partial charge in [0.25, 0.3) is 5.56 Å². The van der Waals surface area contributed by atoms with Crippen LogP contribution in [0.2, 0.25) is 0 Å². The molecule has 1 aromatic carbocycles. The smallest absolute Gasteiger partial charge is 0.331 e. The number of benzene rings is 1. The zero-order valence-corrected chi connectivity index (χ0v) is 11.2. The number of carbonyl (C=O) groups is 1. The Morgan fingerprint density at radius 2 is 2.05 bits per heavy atom. The molecule has 0 bridgehead atoms. The molecule has 0 unspecified atom stereocenters. The van der Waals surface area contributed by atoms with Crippen molar-refractivity contribution in [3.63, 3.8) is 0 Å². The lowest BCUT2D eigenvalue weighted by atomic mass is 10.2. The Kier molecular flexibility index (Phi) is 3.88. The SMILES string of the molecule is Cn1ccc(=O)n(CC(=O)Nc2cc(N)ccc2F)c1=O. The summed E-state index contributed by atoms with van der Waals surface area (Å²) < 4.78 is 15.4. The second-order valence-corrected chi connectivity index (χ2v) is 4.42. The summed E-state index contributed by atoms with van der Waals surface area (Å²) in [5, 5.41) is 2.27. The minimum atomic E-state index is -0.704. The lowest BCUT2D eigenvalue weighted by Crippen LogP contribution is -2.40. The first kappa shape index (κ1) is 14.5. The average molecular weight is 292 g/mol. The van der Waals surface area contributed by atoms with Gasteiger partial charge in [-0.05, 0) is 18.2 Å². The number of hydrogen-bond acceptors (Lipinski definition) is 4. The Bertz CT molecular complexity index is 810. The van der Waals surface area contributed by atoms with Gasteiger partial charge in [-0.15, -0.1) is 0 Å². The molecule has 0 spiro atoms. The van der Waals surface area contributed by atoms with Crippen molar-refractivity contribution in [2.45, 2.75) is 6.54 Å². The van der Waals surface area contributed by atoms with Crippen molar-refractivity contribution in [3.8, 4) is 0 Å². The summed E-state index contributed by atoms with van der Waals surface area (Å²) in [6.45, 7) is -0.513. The van der Waals surface area contributed by atoms with Crippen LogP contribution in [0, 0.1) is 5.82 Å². The quantitative estimate of drug-likeness (QED) is 0.772. The molecule has 0 aliphatic rings. The molecular weight excluding hydrogens is 279 g/mol. The van der Waals surface area contributed by atoms with Crippen LogP contribution >= 0.6 is 0 Å². The predicted molar refractivity (Wildman–Crippen MR) is 75.4 cm³/mol. The van der Waals surface area contributed by atoms with Gasteiger partial charge in [-0.25, -0.2) is 9.18 Å². The molecule has 3 N–H and O–H groups in total. The Balaban J connectivity index is 2.24. The molecule has 2 rings (SSSR count). The lowest BCUT2D eigenvalue weighted by molar-refractivity contribution is -0.116. The van der Waals surface area contributed by atoms with Gasteiger partial charge >= 0.3 is 5.69 Å². The van der Waals surface area contributed by atoms with Crippen molar-refractivity contribution >= 4 is 17.3 Å². The number of carbonyl (C=O) groups excluding carboxylic acids is 1. The Labute approximate surface area is 118 Å². The van der Waals surface area contributed by atoms with Gasteiger partial charge in [0.2, 0.25) is 5.91 Å². The molecule has 1 amide bonds. The minimum absolute atomic E-state index is 0.110. The topological polar surface area (TPSA) is 99.1 Å². The third kappa shape index (κ3) is 3.16. The number of rotatable bonds is 3. The predicted octanol–water partition coefficient (Wildman–Crippen LogP) is -0.0930. The number of aryl methyl sites for hydroxylation is 1. The molecule has 1 heterocycles. The number of halogens is 1. The van der Waals surface area contributed by atoms with Crippen molar-refractivity contribution in [2.24, 2.45) is 7.05 Å². The highest BCUT2D eigenvalue weighted by molar-refractivity contribution is 5.91. The van der Waals surface area contributed by atoms with Gasteiger partial charge in [-0.2, -0.15) is 0 Å². The Morgan fingerprint density at radius 3 is 2.76 bits per heavy atom. The van der Waals surface area contributed by atoms with Crippen LogP contribution in [0.25, 0.3) is 0 Å². The summed E-state index contributed by atoms with van der Waals surface area (Å²) in [5.74, 6) is -1.37. The van der Waals surface area contributed by atoms with Crippen LogP contribution in [0.3, 0.4) is 0 Å². The zero-order chi connectivity index (χ0) is 15.6. The van der Waals surface area contributed by atoms with Crippen LogP contribution in [0.1, 0.15) is 0 Å². The van der Waals surface area contributed by atoms with Crippen molar-refractivity contribution in [1.82, 2.24) is 9.13 Å². The average Bonchev–Trinajstić information content (AvgIpc) is 2.43. The molecule has 110 valence electrons. The molecule has 0 saturated carbocycles. The van der Waals surface area contributed by atoms with E-state index in [0.29, 0.717) is 0 Å². The summed E-state index contributed by atoms with van der Waals surface area (Å²) in [6, 6.07) is 4.87. The molecule has 1 aromatic heterocycles. The fourth-order valence-electron chi connectivity index (χ4n) is 1.73. The highest BCUT2D eigenvalue weighted by atomic mass is 19.1. The highest BCUT2D eigenvalue weighted by Crippen LogP contribution is 2.17. The largest absolute Gasteiger partial charge is 0.399 e. The van der Waals surface area contributed by atoms with Crippen molar-refractivity contribution in [2.75, 3.05) is 11.1 Å². The van der Waals surface area contributed by atoms with E-state index in [1.807, 2.05) is 0 Å². The van der Waals surface area contributed by atoms with E-state index in [1.165, 1.54) is 25.4 Å². The third-order valence-electron chi connectivity index (χ3n) is 2.81. The Morgan fingerprint density at radius 1 is 1.33 bits per heavy atom. The van der Waals surface area contributed by atoms with E-state index in [9.17, 15) is 18.8 Å². The van der Waals surface area contributed by atoms with Gasteiger partial charge in [0.1, 0.15) is 12.4 Å². The van der Waals surface area contributed by atoms with Gasteiger partial charge in [0.05, 0.1) is 5.69 Å². The second kappa shape index (κ2) is 5.61. The van der Waals surface area contributed by atoms with E-state index in [4.69, 9.17) is 5.73 Å². The first-order valence-corrected chi connectivity index (χ1v) is 6.00. The third-order valence-corrected chi connectivity index (χ3v) is 2.81. The number of aromatic nitrogens is 2. The highest BCUT2D eigenvalue weighted by Gasteiger charge is 2.11. The molecule has 0 atom stereocenters. The van der Waals surface area contributed by atoms with E-state index < -0.39 is 29.5 Å². The molecule has 8 heteroatoms.